The summed E-state index contributed by atoms with van der Waals surface area (Å²) in [6.45, 7) is 10.9. The molecule has 3 heteroatoms. The molecule has 0 spiro atoms. The monoisotopic (exact) mass is 216 g/mol. The van der Waals surface area contributed by atoms with Crippen LogP contribution in [0.25, 0.3) is 0 Å². The molecule has 0 aromatic heterocycles. The lowest BCUT2D eigenvalue weighted by Gasteiger charge is -2.26. The Morgan fingerprint density at radius 2 is 1.87 bits per heavy atom. The van der Waals surface area contributed by atoms with Gasteiger partial charge in [-0.2, -0.15) is 0 Å². The predicted molar refractivity (Wildman–Crippen MR) is 66.4 cm³/mol. The highest BCUT2D eigenvalue weighted by molar-refractivity contribution is 4.69. The number of rotatable bonds is 9. The van der Waals surface area contributed by atoms with Gasteiger partial charge in [-0.3, -0.25) is 0 Å². The van der Waals surface area contributed by atoms with Gasteiger partial charge in [0.05, 0.1) is 5.60 Å². The van der Waals surface area contributed by atoms with Gasteiger partial charge in [-0.1, -0.05) is 6.92 Å². The molecule has 0 unspecified atom stereocenters. The molecule has 0 saturated heterocycles. The fourth-order valence-electron chi connectivity index (χ4n) is 1.25. The molecular formula is C12H28N2O. The van der Waals surface area contributed by atoms with E-state index in [9.17, 15) is 0 Å². The molecule has 0 saturated carbocycles. The number of hydrogen-bond acceptors (Lipinski definition) is 3. The predicted octanol–water partition coefficient (Wildman–Crippen LogP) is 1.73. The molecule has 0 radical (unpaired) electrons. The van der Waals surface area contributed by atoms with E-state index < -0.39 is 0 Å². The second-order valence-corrected chi connectivity index (χ2v) is 4.77. The van der Waals surface area contributed by atoms with Crippen LogP contribution in [0.5, 0.6) is 0 Å². The van der Waals surface area contributed by atoms with E-state index in [4.69, 9.17) is 4.74 Å². The quantitative estimate of drug-likeness (QED) is 0.594. The second kappa shape index (κ2) is 8.08. The average molecular weight is 216 g/mol. The van der Waals surface area contributed by atoms with Gasteiger partial charge in [0.2, 0.25) is 0 Å². The Bertz CT molecular complexity index is 149. The first-order chi connectivity index (χ1) is 7.02. The van der Waals surface area contributed by atoms with E-state index in [0.29, 0.717) is 0 Å². The molecule has 0 aliphatic carbocycles. The van der Waals surface area contributed by atoms with E-state index in [2.05, 4.69) is 38.0 Å². The van der Waals surface area contributed by atoms with Gasteiger partial charge in [0.15, 0.2) is 0 Å². The van der Waals surface area contributed by atoms with Crippen molar-refractivity contribution in [2.75, 3.05) is 40.3 Å². The standard InChI is InChI=1S/C12H28N2O/c1-6-8-13-9-11-14(4)10-7-12(2,3)15-5/h13H,6-11H2,1-5H3. The van der Waals surface area contributed by atoms with Gasteiger partial charge >= 0.3 is 0 Å². The topological polar surface area (TPSA) is 24.5 Å². The van der Waals surface area contributed by atoms with Crippen molar-refractivity contribution in [1.29, 1.82) is 0 Å². The largest absolute Gasteiger partial charge is 0.379 e. The molecule has 0 amide bonds. The zero-order valence-electron chi connectivity index (χ0n) is 11.1. The third kappa shape index (κ3) is 8.85. The smallest absolute Gasteiger partial charge is 0.0634 e. The van der Waals surface area contributed by atoms with Crippen molar-refractivity contribution in [3.63, 3.8) is 0 Å². The van der Waals surface area contributed by atoms with Crippen LogP contribution in [0.3, 0.4) is 0 Å². The van der Waals surface area contributed by atoms with Gasteiger partial charge in [0, 0.05) is 26.7 Å². The number of methoxy groups -OCH3 is 1. The van der Waals surface area contributed by atoms with Gasteiger partial charge in [0.25, 0.3) is 0 Å². The maximum Gasteiger partial charge on any atom is 0.0634 e. The molecule has 0 aliphatic heterocycles. The van der Waals surface area contributed by atoms with Crippen molar-refractivity contribution in [3.05, 3.63) is 0 Å². The molecule has 0 atom stereocenters. The van der Waals surface area contributed by atoms with Crippen molar-refractivity contribution in [2.24, 2.45) is 0 Å². The maximum atomic E-state index is 5.39. The fraction of sp³-hybridized carbons (Fsp3) is 1.00. The van der Waals surface area contributed by atoms with Gasteiger partial charge in [0.1, 0.15) is 0 Å². The normalized spacial score (nSPS) is 12.4. The van der Waals surface area contributed by atoms with Gasteiger partial charge in [-0.05, 0) is 40.3 Å². The maximum absolute atomic E-state index is 5.39. The number of nitrogens with one attached hydrogen (secondary N) is 1. The summed E-state index contributed by atoms with van der Waals surface area (Å²) in [7, 11) is 3.95. The summed E-state index contributed by atoms with van der Waals surface area (Å²) in [6.07, 6.45) is 2.29. The van der Waals surface area contributed by atoms with Crippen LogP contribution in [-0.2, 0) is 4.74 Å². The summed E-state index contributed by atoms with van der Waals surface area (Å²) in [5.41, 5.74) is 0.00507. The Labute approximate surface area is 95.2 Å². The third-order valence-corrected chi connectivity index (χ3v) is 2.75. The summed E-state index contributed by atoms with van der Waals surface area (Å²) in [5.74, 6) is 0. The SMILES string of the molecule is CCCNCCN(C)CCC(C)(C)OC. The van der Waals surface area contributed by atoms with Gasteiger partial charge < -0.3 is 15.0 Å². The summed E-state index contributed by atoms with van der Waals surface area (Å²) < 4.78 is 5.39. The van der Waals surface area contributed by atoms with Crippen molar-refractivity contribution >= 4 is 0 Å². The summed E-state index contributed by atoms with van der Waals surface area (Å²) in [4.78, 5) is 2.35. The summed E-state index contributed by atoms with van der Waals surface area (Å²) >= 11 is 0. The first-order valence-corrected chi connectivity index (χ1v) is 5.96. The minimum atomic E-state index is 0.00507. The average Bonchev–Trinajstić information content (AvgIpc) is 2.22. The molecule has 0 bridgehead atoms. The molecule has 92 valence electrons. The molecule has 0 aromatic rings. The molecule has 0 fully saturated rings. The van der Waals surface area contributed by atoms with Crippen LogP contribution in [0.4, 0.5) is 0 Å². The van der Waals surface area contributed by atoms with Crippen LogP contribution in [0, 0.1) is 0 Å². The first-order valence-electron chi connectivity index (χ1n) is 5.96. The van der Waals surface area contributed by atoms with E-state index in [1.54, 1.807) is 7.11 Å². The minimum absolute atomic E-state index is 0.00507. The van der Waals surface area contributed by atoms with Crippen LogP contribution < -0.4 is 5.32 Å². The van der Waals surface area contributed by atoms with Crippen LogP contribution in [0.2, 0.25) is 0 Å². The Morgan fingerprint density at radius 1 is 1.20 bits per heavy atom. The van der Waals surface area contributed by atoms with E-state index in [1.807, 2.05) is 0 Å². The highest BCUT2D eigenvalue weighted by Gasteiger charge is 2.16. The van der Waals surface area contributed by atoms with Gasteiger partial charge in [-0.15, -0.1) is 0 Å². The fourth-order valence-corrected chi connectivity index (χ4v) is 1.25. The van der Waals surface area contributed by atoms with Crippen molar-refractivity contribution in [3.8, 4) is 0 Å². The number of hydrogen-bond donors (Lipinski definition) is 1. The zero-order chi connectivity index (χ0) is 11.7. The highest BCUT2D eigenvalue weighted by atomic mass is 16.5. The van der Waals surface area contributed by atoms with Crippen LogP contribution in [0.1, 0.15) is 33.6 Å². The first kappa shape index (κ1) is 14.9. The minimum Gasteiger partial charge on any atom is -0.379 e. The van der Waals surface area contributed by atoms with Crippen molar-refractivity contribution in [2.45, 2.75) is 39.2 Å². The third-order valence-electron chi connectivity index (χ3n) is 2.75. The Hall–Kier alpha value is -0.120. The van der Waals surface area contributed by atoms with Crippen LogP contribution >= 0.6 is 0 Å². The lowest BCUT2D eigenvalue weighted by molar-refractivity contribution is 0.00922. The van der Waals surface area contributed by atoms with Crippen molar-refractivity contribution < 1.29 is 4.74 Å². The number of nitrogens with zero attached hydrogens (tertiary/aromatic N) is 1. The molecular weight excluding hydrogens is 188 g/mol. The lowest BCUT2D eigenvalue weighted by atomic mass is 10.1. The molecule has 1 N–H and O–H groups in total. The molecule has 0 aliphatic rings. The highest BCUT2D eigenvalue weighted by Crippen LogP contribution is 2.12. The van der Waals surface area contributed by atoms with Crippen LogP contribution in [0.15, 0.2) is 0 Å². The summed E-state index contributed by atoms with van der Waals surface area (Å²) in [6, 6.07) is 0. The number of likely N-dealkylation sites (N-methyl/N-ethyl adjacent to an activating group) is 1. The molecule has 3 nitrogen and oxygen atoms in total. The van der Waals surface area contributed by atoms with E-state index in [0.717, 1.165) is 32.6 Å². The van der Waals surface area contributed by atoms with Gasteiger partial charge in [-0.25, -0.2) is 0 Å². The molecule has 0 heterocycles. The lowest BCUT2D eigenvalue weighted by Crippen LogP contribution is -2.34. The summed E-state index contributed by atoms with van der Waals surface area (Å²) in [5, 5.41) is 3.40. The Morgan fingerprint density at radius 3 is 2.40 bits per heavy atom. The van der Waals surface area contributed by atoms with E-state index >= 15 is 0 Å². The Kier molecular flexibility index (Phi) is 8.02. The van der Waals surface area contributed by atoms with Crippen LogP contribution in [-0.4, -0.2) is 50.8 Å². The van der Waals surface area contributed by atoms with Crippen molar-refractivity contribution in [1.82, 2.24) is 10.2 Å². The molecule has 0 rings (SSSR count). The van der Waals surface area contributed by atoms with E-state index in [-0.39, 0.29) is 5.60 Å². The molecule has 15 heavy (non-hydrogen) atoms. The Balaban J connectivity index is 3.44. The van der Waals surface area contributed by atoms with E-state index in [1.165, 1.54) is 6.42 Å². The zero-order valence-corrected chi connectivity index (χ0v) is 11.1. The second-order valence-electron chi connectivity index (χ2n) is 4.77. The molecule has 0 aromatic carbocycles. The number of ether oxygens (including phenoxy) is 1.